The topological polar surface area (TPSA) is 32.3 Å². The predicted molar refractivity (Wildman–Crippen MR) is 94.1 cm³/mol. The lowest BCUT2D eigenvalue weighted by atomic mass is 10.2. The molecule has 0 bridgehead atoms. The van der Waals surface area contributed by atoms with Crippen LogP contribution in [0, 0.1) is 5.82 Å². The van der Waals surface area contributed by atoms with Gasteiger partial charge >= 0.3 is 0 Å². The molecule has 0 aliphatic carbocycles. The van der Waals surface area contributed by atoms with Crippen molar-refractivity contribution >= 4 is 23.4 Å². The van der Waals surface area contributed by atoms with Gasteiger partial charge in [0.2, 0.25) is 5.91 Å². The Labute approximate surface area is 136 Å². The summed E-state index contributed by atoms with van der Waals surface area (Å²) in [7, 11) is 0. The first kappa shape index (κ1) is 16.7. The van der Waals surface area contributed by atoms with E-state index in [-0.39, 0.29) is 11.7 Å². The van der Waals surface area contributed by atoms with Crippen molar-refractivity contribution in [3.8, 4) is 0 Å². The minimum atomic E-state index is -0.292. The Morgan fingerprint density at radius 3 is 2.22 bits per heavy atom. The lowest BCUT2D eigenvalue weighted by Gasteiger charge is -2.21. The van der Waals surface area contributed by atoms with E-state index in [9.17, 15) is 9.18 Å². The Morgan fingerprint density at radius 1 is 1.04 bits per heavy atom. The molecule has 1 amide bonds. The van der Waals surface area contributed by atoms with Gasteiger partial charge in [0.05, 0.1) is 0 Å². The van der Waals surface area contributed by atoms with Crippen LogP contribution >= 0.6 is 0 Å². The monoisotopic (exact) mass is 312 g/mol. The largest absolute Gasteiger partial charge is 0.372 e. The van der Waals surface area contributed by atoms with Gasteiger partial charge in [-0.15, -0.1) is 0 Å². The molecule has 0 fully saturated rings. The van der Waals surface area contributed by atoms with Crippen LogP contribution in [0.15, 0.2) is 54.6 Å². The van der Waals surface area contributed by atoms with Crippen molar-refractivity contribution in [1.29, 1.82) is 0 Å². The van der Waals surface area contributed by atoms with Crippen molar-refractivity contribution < 1.29 is 9.18 Å². The molecule has 0 aromatic heterocycles. The number of anilines is 2. The van der Waals surface area contributed by atoms with Crippen LogP contribution in [0.2, 0.25) is 0 Å². The fraction of sp³-hybridized carbons (Fsp3) is 0.211. The molecule has 0 saturated carbocycles. The van der Waals surface area contributed by atoms with E-state index in [2.05, 4.69) is 24.1 Å². The van der Waals surface area contributed by atoms with E-state index in [0.717, 1.165) is 30.0 Å². The van der Waals surface area contributed by atoms with Gasteiger partial charge < -0.3 is 10.2 Å². The van der Waals surface area contributed by atoms with Gasteiger partial charge in [-0.1, -0.05) is 12.1 Å². The number of hydrogen-bond donors (Lipinski definition) is 1. The minimum absolute atomic E-state index is 0.218. The highest BCUT2D eigenvalue weighted by Crippen LogP contribution is 2.17. The molecule has 0 atom stereocenters. The maximum atomic E-state index is 12.8. The van der Waals surface area contributed by atoms with E-state index in [1.165, 1.54) is 18.2 Å². The van der Waals surface area contributed by atoms with Crippen LogP contribution in [0.4, 0.5) is 15.8 Å². The fourth-order valence-electron chi connectivity index (χ4n) is 2.27. The SMILES string of the molecule is CCN(CC)c1ccc(NC(=O)/C=C/c2ccc(F)cc2)cc1. The summed E-state index contributed by atoms with van der Waals surface area (Å²) in [5, 5.41) is 2.81. The molecule has 1 N–H and O–H groups in total. The van der Waals surface area contributed by atoms with E-state index in [0.29, 0.717) is 0 Å². The molecule has 2 rings (SSSR count). The lowest BCUT2D eigenvalue weighted by Crippen LogP contribution is -2.21. The smallest absolute Gasteiger partial charge is 0.248 e. The van der Waals surface area contributed by atoms with Crippen LogP contribution in [0.25, 0.3) is 6.08 Å². The highest BCUT2D eigenvalue weighted by Gasteiger charge is 2.02. The van der Waals surface area contributed by atoms with Gasteiger partial charge in [0.15, 0.2) is 0 Å². The highest BCUT2D eigenvalue weighted by atomic mass is 19.1. The van der Waals surface area contributed by atoms with Gasteiger partial charge in [-0.3, -0.25) is 4.79 Å². The Bertz CT molecular complexity index is 659. The second-order valence-corrected chi connectivity index (χ2v) is 5.09. The number of halogens is 1. The molecule has 2 aromatic carbocycles. The third-order valence-electron chi connectivity index (χ3n) is 3.56. The normalized spacial score (nSPS) is 10.7. The molecule has 23 heavy (non-hydrogen) atoms. The zero-order valence-electron chi connectivity index (χ0n) is 13.4. The second kappa shape index (κ2) is 8.13. The number of benzene rings is 2. The molecule has 0 aliphatic rings. The van der Waals surface area contributed by atoms with Gasteiger partial charge in [-0.05, 0) is 61.9 Å². The Hall–Kier alpha value is -2.62. The van der Waals surface area contributed by atoms with E-state index in [1.807, 2.05) is 24.3 Å². The van der Waals surface area contributed by atoms with E-state index < -0.39 is 0 Å². The first-order valence-corrected chi connectivity index (χ1v) is 7.72. The van der Waals surface area contributed by atoms with Crippen LogP contribution in [0.3, 0.4) is 0 Å². The van der Waals surface area contributed by atoms with Crippen molar-refractivity contribution in [2.75, 3.05) is 23.3 Å². The molecule has 4 heteroatoms. The maximum absolute atomic E-state index is 12.8. The maximum Gasteiger partial charge on any atom is 0.248 e. The molecule has 0 heterocycles. The minimum Gasteiger partial charge on any atom is -0.372 e. The molecule has 0 aliphatic heterocycles. The highest BCUT2D eigenvalue weighted by molar-refractivity contribution is 6.02. The van der Waals surface area contributed by atoms with Crippen LogP contribution in [-0.2, 0) is 4.79 Å². The second-order valence-electron chi connectivity index (χ2n) is 5.09. The average Bonchev–Trinajstić information content (AvgIpc) is 2.57. The number of hydrogen-bond acceptors (Lipinski definition) is 2. The number of nitrogens with zero attached hydrogens (tertiary/aromatic N) is 1. The number of amides is 1. The lowest BCUT2D eigenvalue weighted by molar-refractivity contribution is -0.111. The molecule has 3 nitrogen and oxygen atoms in total. The summed E-state index contributed by atoms with van der Waals surface area (Å²) in [6.07, 6.45) is 3.09. The van der Waals surface area contributed by atoms with Crippen LogP contribution in [0.5, 0.6) is 0 Å². The number of nitrogens with one attached hydrogen (secondary N) is 1. The van der Waals surface area contributed by atoms with Crippen molar-refractivity contribution in [3.05, 3.63) is 66.0 Å². The zero-order valence-corrected chi connectivity index (χ0v) is 13.4. The Balaban J connectivity index is 1.96. The van der Waals surface area contributed by atoms with Gasteiger partial charge in [-0.2, -0.15) is 0 Å². The van der Waals surface area contributed by atoms with Gasteiger partial charge in [0.1, 0.15) is 5.82 Å². The molecular weight excluding hydrogens is 291 g/mol. The van der Waals surface area contributed by atoms with Crippen LogP contribution in [-0.4, -0.2) is 19.0 Å². The molecule has 0 saturated heterocycles. The van der Waals surface area contributed by atoms with Crippen molar-refractivity contribution in [2.24, 2.45) is 0 Å². The van der Waals surface area contributed by atoms with Crippen LogP contribution < -0.4 is 10.2 Å². The van der Waals surface area contributed by atoms with E-state index in [1.54, 1.807) is 18.2 Å². The molecule has 120 valence electrons. The quantitative estimate of drug-likeness (QED) is 0.806. The first-order valence-electron chi connectivity index (χ1n) is 7.72. The fourth-order valence-corrected chi connectivity index (χ4v) is 2.27. The molecule has 2 aromatic rings. The Morgan fingerprint density at radius 2 is 1.65 bits per heavy atom. The standard InChI is InChI=1S/C19H21FN2O/c1-3-22(4-2)18-12-10-17(11-13-18)21-19(23)14-7-15-5-8-16(20)9-6-15/h5-14H,3-4H2,1-2H3,(H,21,23)/b14-7+. The molecule has 0 unspecified atom stereocenters. The zero-order chi connectivity index (χ0) is 16.7. The van der Waals surface area contributed by atoms with Crippen LogP contribution in [0.1, 0.15) is 19.4 Å². The third-order valence-corrected chi connectivity index (χ3v) is 3.56. The van der Waals surface area contributed by atoms with Gasteiger partial charge in [-0.25, -0.2) is 4.39 Å². The summed E-state index contributed by atoms with van der Waals surface area (Å²) in [5.74, 6) is -0.509. The summed E-state index contributed by atoms with van der Waals surface area (Å²) in [5.41, 5.74) is 2.66. The first-order chi connectivity index (χ1) is 11.1. The van der Waals surface area contributed by atoms with Crippen molar-refractivity contribution in [2.45, 2.75) is 13.8 Å². The molecule has 0 radical (unpaired) electrons. The number of carbonyl (C=O) groups is 1. The summed E-state index contributed by atoms with van der Waals surface area (Å²) in [6, 6.07) is 13.7. The Kier molecular flexibility index (Phi) is 5.92. The van der Waals surface area contributed by atoms with E-state index >= 15 is 0 Å². The van der Waals surface area contributed by atoms with Crippen molar-refractivity contribution in [1.82, 2.24) is 0 Å². The van der Waals surface area contributed by atoms with Gasteiger partial charge in [0, 0.05) is 30.5 Å². The summed E-state index contributed by atoms with van der Waals surface area (Å²) < 4.78 is 12.8. The molecule has 0 spiro atoms. The summed E-state index contributed by atoms with van der Waals surface area (Å²) >= 11 is 0. The predicted octanol–water partition coefficient (Wildman–Crippen LogP) is 4.32. The number of carbonyl (C=O) groups excluding carboxylic acids is 1. The number of rotatable bonds is 6. The molecular formula is C19H21FN2O. The van der Waals surface area contributed by atoms with E-state index in [4.69, 9.17) is 0 Å². The van der Waals surface area contributed by atoms with Crippen molar-refractivity contribution in [3.63, 3.8) is 0 Å². The van der Waals surface area contributed by atoms with Gasteiger partial charge in [0.25, 0.3) is 0 Å². The summed E-state index contributed by atoms with van der Waals surface area (Å²) in [4.78, 5) is 14.1. The average molecular weight is 312 g/mol. The third kappa shape index (κ3) is 4.95. The summed E-state index contributed by atoms with van der Waals surface area (Å²) in [6.45, 7) is 6.12.